The summed E-state index contributed by atoms with van der Waals surface area (Å²) in [6.07, 6.45) is 0. The number of piperazine rings is 1. The predicted octanol–water partition coefficient (Wildman–Crippen LogP) is 3.09. The molecule has 1 fully saturated rings. The summed E-state index contributed by atoms with van der Waals surface area (Å²) in [4.78, 5) is 39.0. The molecular formula is C22H26N8O4S. The standard InChI is InChI=1S/C22H26N8O4S/c1-3-34-20(31)19-14(2)25-22(35-19)28-21-26-17(12-18(27-21)29-9-7-23-8-10-29)24-13-15-5-4-6-16(11-15)30(32)33/h4-6,11-12,23H,3,7-10,13H2,1-2H3,(H2,24,25,26,27,28). The molecule has 13 heteroatoms. The second kappa shape index (κ2) is 11.1. The number of hydrogen-bond donors (Lipinski definition) is 3. The largest absolute Gasteiger partial charge is 0.462 e. The Kier molecular flexibility index (Phi) is 7.67. The number of thiazole rings is 1. The molecule has 0 saturated carbocycles. The van der Waals surface area contributed by atoms with Crippen molar-refractivity contribution >= 4 is 45.7 Å². The average Bonchev–Trinajstić information content (AvgIpc) is 3.23. The van der Waals surface area contributed by atoms with Gasteiger partial charge in [0.2, 0.25) is 5.95 Å². The van der Waals surface area contributed by atoms with Crippen molar-refractivity contribution < 1.29 is 14.5 Å². The van der Waals surface area contributed by atoms with Crippen molar-refractivity contribution in [3.63, 3.8) is 0 Å². The van der Waals surface area contributed by atoms with Crippen LogP contribution in [0.4, 0.5) is 28.4 Å². The quantitative estimate of drug-likeness (QED) is 0.227. The third kappa shape index (κ3) is 6.19. The summed E-state index contributed by atoms with van der Waals surface area (Å²) in [5, 5.41) is 21.2. The highest BCUT2D eigenvalue weighted by molar-refractivity contribution is 7.17. The zero-order valence-corrected chi connectivity index (χ0v) is 20.2. The molecule has 35 heavy (non-hydrogen) atoms. The molecule has 0 bridgehead atoms. The van der Waals surface area contributed by atoms with E-state index in [-0.39, 0.29) is 12.3 Å². The Morgan fingerprint density at radius 2 is 2.06 bits per heavy atom. The number of nitro benzene ring substituents is 1. The number of anilines is 4. The van der Waals surface area contributed by atoms with Crippen molar-refractivity contribution in [1.29, 1.82) is 0 Å². The van der Waals surface area contributed by atoms with E-state index in [1.165, 1.54) is 23.5 Å². The van der Waals surface area contributed by atoms with Crippen LogP contribution in [0.1, 0.15) is 27.9 Å². The fraction of sp³-hybridized carbons (Fsp3) is 0.364. The minimum atomic E-state index is -0.417. The van der Waals surface area contributed by atoms with Crippen LogP contribution in [0.3, 0.4) is 0 Å². The molecule has 3 aromatic rings. The van der Waals surface area contributed by atoms with Gasteiger partial charge < -0.3 is 20.3 Å². The Bertz CT molecular complexity index is 1210. The molecular weight excluding hydrogens is 472 g/mol. The van der Waals surface area contributed by atoms with Gasteiger partial charge in [0.1, 0.15) is 16.5 Å². The molecule has 1 saturated heterocycles. The van der Waals surface area contributed by atoms with E-state index in [4.69, 9.17) is 4.74 Å². The first-order valence-corrected chi connectivity index (χ1v) is 12.0. The number of ether oxygens (including phenoxy) is 1. The summed E-state index contributed by atoms with van der Waals surface area (Å²) in [5.41, 5.74) is 1.36. The number of carbonyl (C=O) groups is 1. The van der Waals surface area contributed by atoms with Gasteiger partial charge in [0.15, 0.2) is 5.13 Å². The zero-order valence-electron chi connectivity index (χ0n) is 19.4. The number of carbonyl (C=O) groups excluding carboxylic acids is 1. The van der Waals surface area contributed by atoms with Crippen LogP contribution in [0.5, 0.6) is 0 Å². The summed E-state index contributed by atoms with van der Waals surface area (Å²) in [6.45, 7) is 7.42. The second-order valence-electron chi connectivity index (χ2n) is 7.73. The minimum absolute atomic E-state index is 0.0346. The van der Waals surface area contributed by atoms with E-state index in [0.717, 1.165) is 37.6 Å². The van der Waals surface area contributed by atoms with Crippen molar-refractivity contribution in [2.75, 3.05) is 48.3 Å². The molecule has 1 aliphatic rings. The number of hydrogen-bond acceptors (Lipinski definition) is 12. The molecule has 184 valence electrons. The zero-order chi connectivity index (χ0) is 24.8. The number of aromatic nitrogens is 3. The SMILES string of the molecule is CCOC(=O)c1sc(Nc2nc(NCc3cccc([N+](=O)[O-])c3)cc(N3CCNCC3)n2)nc1C. The molecule has 1 aromatic carbocycles. The molecule has 3 heterocycles. The number of benzene rings is 1. The lowest BCUT2D eigenvalue weighted by atomic mass is 10.2. The molecule has 0 aliphatic carbocycles. The maximum Gasteiger partial charge on any atom is 0.350 e. The van der Waals surface area contributed by atoms with E-state index in [9.17, 15) is 14.9 Å². The van der Waals surface area contributed by atoms with E-state index in [1.807, 2.05) is 12.1 Å². The van der Waals surface area contributed by atoms with Gasteiger partial charge in [-0.3, -0.25) is 15.4 Å². The van der Waals surface area contributed by atoms with Gasteiger partial charge in [-0.25, -0.2) is 9.78 Å². The van der Waals surface area contributed by atoms with Crippen LogP contribution in [0.2, 0.25) is 0 Å². The minimum Gasteiger partial charge on any atom is -0.462 e. The highest BCUT2D eigenvalue weighted by Gasteiger charge is 2.19. The van der Waals surface area contributed by atoms with E-state index in [2.05, 4.69) is 35.8 Å². The first-order chi connectivity index (χ1) is 16.9. The molecule has 0 amide bonds. The van der Waals surface area contributed by atoms with Crippen LogP contribution in [0.25, 0.3) is 0 Å². The smallest absolute Gasteiger partial charge is 0.350 e. The summed E-state index contributed by atoms with van der Waals surface area (Å²) in [5.74, 6) is 1.21. The third-order valence-corrected chi connectivity index (χ3v) is 6.28. The number of nitrogens with one attached hydrogen (secondary N) is 3. The molecule has 4 rings (SSSR count). The van der Waals surface area contributed by atoms with Gasteiger partial charge in [-0.2, -0.15) is 9.97 Å². The lowest BCUT2D eigenvalue weighted by molar-refractivity contribution is -0.384. The van der Waals surface area contributed by atoms with Crippen LogP contribution in [0, 0.1) is 17.0 Å². The Hall–Kier alpha value is -3.84. The van der Waals surface area contributed by atoms with Gasteiger partial charge in [-0.05, 0) is 19.4 Å². The van der Waals surface area contributed by atoms with Crippen molar-refractivity contribution in [2.45, 2.75) is 20.4 Å². The number of non-ortho nitro benzene ring substituents is 1. The first-order valence-electron chi connectivity index (χ1n) is 11.2. The normalized spacial score (nSPS) is 13.4. The van der Waals surface area contributed by atoms with Gasteiger partial charge >= 0.3 is 5.97 Å². The Morgan fingerprint density at radius 3 is 2.80 bits per heavy atom. The van der Waals surface area contributed by atoms with Gasteiger partial charge in [0.05, 0.1) is 17.2 Å². The highest BCUT2D eigenvalue weighted by atomic mass is 32.1. The monoisotopic (exact) mass is 498 g/mol. The highest BCUT2D eigenvalue weighted by Crippen LogP contribution is 2.27. The van der Waals surface area contributed by atoms with E-state index >= 15 is 0 Å². The molecule has 3 N–H and O–H groups in total. The van der Waals surface area contributed by atoms with E-state index < -0.39 is 10.9 Å². The van der Waals surface area contributed by atoms with Gasteiger partial charge in [0.25, 0.3) is 5.69 Å². The maximum atomic E-state index is 12.2. The van der Waals surface area contributed by atoms with Gasteiger partial charge in [-0.15, -0.1) is 0 Å². The molecule has 0 atom stereocenters. The summed E-state index contributed by atoms with van der Waals surface area (Å²) < 4.78 is 5.09. The number of nitrogens with zero attached hydrogens (tertiary/aromatic N) is 5. The fourth-order valence-electron chi connectivity index (χ4n) is 3.54. The molecule has 1 aliphatic heterocycles. The number of rotatable bonds is 9. The Morgan fingerprint density at radius 1 is 1.26 bits per heavy atom. The number of aryl methyl sites for hydroxylation is 1. The number of esters is 1. The molecule has 0 unspecified atom stereocenters. The van der Waals surface area contributed by atoms with Crippen molar-refractivity contribution in [3.05, 3.63) is 56.6 Å². The van der Waals surface area contributed by atoms with E-state index in [1.54, 1.807) is 19.9 Å². The fourth-order valence-corrected chi connectivity index (χ4v) is 4.39. The molecule has 2 aromatic heterocycles. The van der Waals surface area contributed by atoms with Crippen LogP contribution in [-0.4, -0.2) is 58.6 Å². The summed E-state index contributed by atoms with van der Waals surface area (Å²) in [6, 6.07) is 8.30. The van der Waals surface area contributed by atoms with Gasteiger partial charge in [-0.1, -0.05) is 23.5 Å². The second-order valence-corrected chi connectivity index (χ2v) is 8.73. The molecule has 0 radical (unpaired) electrons. The van der Waals surface area contributed by atoms with Crippen molar-refractivity contribution in [3.8, 4) is 0 Å². The summed E-state index contributed by atoms with van der Waals surface area (Å²) >= 11 is 1.18. The topological polar surface area (TPSA) is 147 Å². The first kappa shape index (κ1) is 24.3. The lowest BCUT2D eigenvalue weighted by Crippen LogP contribution is -2.44. The Balaban J connectivity index is 1.57. The van der Waals surface area contributed by atoms with E-state index in [0.29, 0.717) is 34.0 Å². The van der Waals surface area contributed by atoms with Crippen molar-refractivity contribution in [2.24, 2.45) is 0 Å². The average molecular weight is 499 g/mol. The van der Waals surface area contributed by atoms with Gasteiger partial charge in [0, 0.05) is 50.9 Å². The molecule has 0 spiro atoms. The van der Waals surface area contributed by atoms with Crippen LogP contribution >= 0.6 is 11.3 Å². The van der Waals surface area contributed by atoms with Crippen molar-refractivity contribution in [1.82, 2.24) is 20.3 Å². The lowest BCUT2D eigenvalue weighted by Gasteiger charge is -2.28. The van der Waals surface area contributed by atoms with Crippen LogP contribution in [-0.2, 0) is 11.3 Å². The Labute approximate surface area is 205 Å². The molecule has 12 nitrogen and oxygen atoms in total. The number of nitro groups is 1. The maximum absolute atomic E-state index is 12.2. The predicted molar refractivity (Wildman–Crippen MR) is 134 cm³/mol. The van der Waals surface area contributed by atoms with Crippen LogP contribution < -0.4 is 20.9 Å². The summed E-state index contributed by atoms with van der Waals surface area (Å²) in [7, 11) is 0. The third-order valence-electron chi connectivity index (χ3n) is 5.22. The van der Waals surface area contributed by atoms with Crippen LogP contribution in [0.15, 0.2) is 30.3 Å².